The van der Waals surface area contributed by atoms with Crippen molar-refractivity contribution in [2.45, 2.75) is 27.4 Å². The van der Waals surface area contributed by atoms with Gasteiger partial charge in [-0.2, -0.15) is 0 Å². The van der Waals surface area contributed by atoms with Crippen LogP contribution in [0.25, 0.3) is 10.9 Å². The molecule has 1 heterocycles. The van der Waals surface area contributed by atoms with Gasteiger partial charge in [-0.3, -0.25) is 9.59 Å². The number of nitrogens with zero attached hydrogens (tertiary/aromatic N) is 1. The number of H-pyrrole nitrogens is 1. The molecule has 1 N–H and O–H groups in total. The molecule has 27 heavy (non-hydrogen) atoms. The predicted octanol–water partition coefficient (Wildman–Crippen LogP) is 4.11. The summed E-state index contributed by atoms with van der Waals surface area (Å²) in [6.45, 7) is 7.08. The van der Waals surface area contributed by atoms with Crippen LogP contribution in [0.5, 0.6) is 5.75 Å². The molecule has 1 aromatic heterocycles. The first kappa shape index (κ1) is 18.7. The number of aromatic amines is 1. The van der Waals surface area contributed by atoms with Crippen LogP contribution in [0.15, 0.2) is 48.7 Å². The molecule has 3 rings (SSSR count). The Kier molecular flexibility index (Phi) is 5.60. The fourth-order valence-electron chi connectivity index (χ4n) is 3.16. The highest BCUT2D eigenvalue weighted by molar-refractivity contribution is 6.45. The number of ketones is 1. The van der Waals surface area contributed by atoms with Crippen molar-refractivity contribution in [1.29, 1.82) is 0 Å². The molecule has 0 saturated heterocycles. The zero-order valence-corrected chi connectivity index (χ0v) is 15.9. The first-order valence-electron chi connectivity index (χ1n) is 9.17. The molecular weight excluding hydrogens is 340 g/mol. The van der Waals surface area contributed by atoms with Gasteiger partial charge in [0.1, 0.15) is 12.4 Å². The van der Waals surface area contributed by atoms with E-state index in [0.29, 0.717) is 36.4 Å². The Bertz CT molecular complexity index is 956. The van der Waals surface area contributed by atoms with Crippen LogP contribution < -0.4 is 4.74 Å². The zero-order valence-electron chi connectivity index (χ0n) is 15.9. The molecule has 2 aromatic carbocycles. The quantitative estimate of drug-likeness (QED) is 0.507. The number of amides is 1. The summed E-state index contributed by atoms with van der Waals surface area (Å²) in [5, 5.41) is 0.663. The molecule has 0 spiro atoms. The number of rotatable bonds is 7. The van der Waals surface area contributed by atoms with E-state index in [9.17, 15) is 9.59 Å². The van der Waals surface area contributed by atoms with E-state index in [1.807, 2.05) is 63.2 Å². The fraction of sp³-hybridized carbons (Fsp3) is 0.273. The molecule has 3 aromatic rings. The van der Waals surface area contributed by atoms with Gasteiger partial charge in [0.05, 0.1) is 16.5 Å². The molecule has 0 bridgehead atoms. The molecule has 0 aliphatic carbocycles. The van der Waals surface area contributed by atoms with Crippen molar-refractivity contribution in [1.82, 2.24) is 9.88 Å². The minimum atomic E-state index is -0.514. The zero-order chi connectivity index (χ0) is 19.4. The second kappa shape index (κ2) is 8.08. The maximum absolute atomic E-state index is 12.8. The first-order chi connectivity index (χ1) is 13.1. The third-order valence-electron chi connectivity index (χ3n) is 4.73. The standard InChI is InChI=1S/C22H24N2O3/c1-4-24(5-2)22(26)21(25)17-13-23-20-15(3)11-12-18(19(17)20)27-14-16-9-7-6-8-10-16/h6-13,23H,4-5,14H2,1-3H3. The van der Waals surface area contributed by atoms with Gasteiger partial charge < -0.3 is 14.6 Å². The Morgan fingerprint density at radius 2 is 1.74 bits per heavy atom. The second-order valence-electron chi connectivity index (χ2n) is 6.41. The van der Waals surface area contributed by atoms with E-state index < -0.39 is 11.7 Å². The maximum atomic E-state index is 12.8. The second-order valence-corrected chi connectivity index (χ2v) is 6.41. The smallest absolute Gasteiger partial charge is 0.295 e. The molecule has 0 unspecified atom stereocenters. The molecule has 5 nitrogen and oxygen atoms in total. The van der Waals surface area contributed by atoms with Gasteiger partial charge in [0, 0.05) is 19.3 Å². The molecule has 1 amide bonds. The number of benzene rings is 2. The number of likely N-dealkylation sites (N-methyl/N-ethyl adjacent to an activating group) is 1. The van der Waals surface area contributed by atoms with Crippen molar-refractivity contribution >= 4 is 22.6 Å². The first-order valence-corrected chi connectivity index (χ1v) is 9.17. The summed E-state index contributed by atoms with van der Waals surface area (Å²) in [6.07, 6.45) is 1.61. The Morgan fingerprint density at radius 3 is 2.41 bits per heavy atom. The van der Waals surface area contributed by atoms with Crippen molar-refractivity contribution in [3.05, 3.63) is 65.4 Å². The lowest BCUT2D eigenvalue weighted by Crippen LogP contribution is -2.36. The number of aromatic nitrogens is 1. The maximum Gasteiger partial charge on any atom is 0.295 e. The molecular formula is C22H24N2O3. The van der Waals surface area contributed by atoms with Gasteiger partial charge in [-0.05, 0) is 38.0 Å². The summed E-state index contributed by atoms with van der Waals surface area (Å²) in [5.74, 6) is -0.409. The van der Waals surface area contributed by atoms with Crippen LogP contribution in [-0.2, 0) is 11.4 Å². The van der Waals surface area contributed by atoms with Gasteiger partial charge in [-0.15, -0.1) is 0 Å². The van der Waals surface area contributed by atoms with Crippen LogP contribution in [0.4, 0.5) is 0 Å². The van der Waals surface area contributed by atoms with Crippen LogP contribution in [0.1, 0.15) is 35.3 Å². The summed E-state index contributed by atoms with van der Waals surface area (Å²) >= 11 is 0. The Hall–Kier alpha value is -3.08. The lowest BCUT2D eigenvalue weighted by molar-refractivity contribution is -0.126. The average Bonchev–Trinajstić information content (AvgIpc) is 3.15. The number of aryl methyl sites for hydroxylation is 1. The summed E-state index contributed by atoms with van der Waals surface area (Å²) in [4.78, 5) is 30.1. The van der Waals surface area contributed by atoms with Gasteiger partial charge in [0.25, 0.3) is 11.7 Å². The van der Waals surface area contributed by atoms with Crippen molar-refractivity contribution in [3.8, 4) is 5.75 Å². The van der Waals surface area contributed by atoms with Gasteiger partial charge in [0.2, 0.25) is 0 Å². The van der Waals surface area contributed by atoms with E-state index in [1.54, 1.807) is 6.20 Å². The van der Waals surface area contributed by atoms with Gasteiger partial charge in [-0.1, -0.05) is 36.4 Å². The van der Waals surface area contributed by atoms with Gasteiger partial charge in [-0.25, -0.2) is 0 Å². The van der Waals surface area contributed by atoms with E-state index in [0.717, 1.165) is 16.6 Å². The Labute approximate surface area is 158 Å². The number of Topliss-reactive ketones (excluding diaryl/α,β-unsaturated/α-hetero) is 1. The topological polar surface area (TPSA) is 62.4 Å². The molecule has 0 saturated carbocycles. The molecule has 0 aliphatic heterocycles. The van der Waals surface area contributed by atoms with Crippen LogP contribution in [0, 0.1) is 6.92 Å². The molecule has 0 radical (unpaired) electrons. The minimum Gasteiger partial charge on any atom is -0.488 e. The highest BCUT2D eigenvalue weighted by atomic mass is 16.5. The number of ether oxygens (including phenoxy) is 1. The molecule has 140 valence electrons. The number of nitrogens with one attached hydrogen (secondary N) is 1. The summed E-state index contributed by atoms with van der Waals surface area (Å²) in [5.41, 5.74) is 3.20. The molecule has 0 aliphatic rings. The highest BCUT2D eigenvalue weighted by Gasteiger charge is 2.25. The van der Waals surface area contributed by atoms with Crippen molar-refractivity contribution in [2.75, 3.05) is 13.1 Å². The number of fused-ring (bicyclic) bond motifs is 1. The molecule has 0 atom stereocenters. The SMILES string of the molecule is CCN(CC)C(=O)C(=O)c1c[nH]c2c(C)ccc(OCc3ccccc3)c12. The molecule has 5 heteroatoms. The largest absolute Gasteiger partial charge is 0.488 e. The Morgan fingerprint density at radius 1 is 1.04 bits per heavy atom. The fourth-order valence-corrected chi connectivity index (χ4v) is 3.16. The van der Waals surface area contributed by atoms with E-state index in [-0.39, 0.29) is 0 Å². The van der Waals surface area contributed by atoms with Crippen molar-refractivity contribution < 1.29 is 14.3 Å². The van der Waals surface area contributed by atoms with E-state index in [4.69, 9.17) is 4.74 Å². The van der Waals surface area contributed by atoms with Crippen molar-refractivity contribution in [3.63, 3.8) is 0 Å². The number of hydrogen-bond acceptors (Lipinski definition) is 3. The normalized spacial score (nSPS) is 10.8. The van der Waals surface area contributed by atoms with Crippen LogP contribution >= 0.6 is 0 Å². The summed E-state index contributed by atoms with van der Waals surface area (Å²) in [6, 6.07) is 13.6. The summed E-state index contributed by atoms with van der Waals surface area (Å²) < 4.78 is 6.01. The van der Waals surface area contributed by atoms with E-state index >= 15 is 0 Å². The van der Waals surface area contributed by atoms with E-state index in [1.165, 1.54) is 4.90 Å². The lowest BCUT2D eigenvalue weighted by Gasteiger charge is -2.17. The third-order valence-corrected chi connectivity index (χ3v) is 4.73. The average molecular weight is 364 g/mol. The lowest BCUT2D eigenvalue weighted by atomic mass is 10.0. The van der Waals surface area contributed by atoms with Gasteiger partial charge >= 0.3 is 0 Å². The highest BCUT2D eigenvalue weighted by Crippen LogP contribution is 2.32. The van der Waals surface area contributed by atoms with E-state index in [2.05, 4.69) is 4.98 Å². The molecule has 0 fully saturated rings. The van der Waals surface area contributed by atoms with Crippen LogP contribution in [0.2, 0.25) is 0 Å². The van der Waals surface area contributed by atoms with Crippen LogP contribution in [-0.4, -0.2) is 34.7 Å². The number of carbonyl (C=O) groups excluding carboxylic acids is 2. The van der Waals surface area contributed by atoms with Gasteiger partial charge in [0.15, 0.2) is 0 Å². The number of carbonyl (C=O) groups is 2. The number of hydrogen-bond donors (Lipinski definition) is 1. The van der Waals surface area contributed by atoms with Crippen molar-refractivity contribution in [2.24, 2.45) is 0 Å². The minimum absolute atomic E-state index is 0.355. The third kappa shape index (κ3) is 3.72. The summed E-state index contributed by atoms with van der Waals surface area (Å²) in [7, 11) is 0. The van der Waals surface area contributed by atoms with Crippen LogP contribution in [0.3, 0.4) is 0 Å². The Balaban J connectivity index is 1.98. The predicted molar refractivity (Wildman–Crippen MR) is 106 cm³/mol. The monoisotopic (exact) mass is 364 g/mol.